The molecule has 21 heavy (non-hydrogen) atoms. The molecule has 0 bridgehead atoms. The normalized spacial score (nSPS) is 21.8. The van der Waals surface area contributed by atoms with E-state index in [0.29, 0.717) is 30.1 Å². The molecule has 1 saturated heterocycles. The molecule has 3 rings (SSSR count). The summed E-state index contributed by atoms with van der Waals surface area (Å²) in [6.45, 7) is 2.66. The lowest BCUT2D eigenvalue weighted by atomic mass is 10.1. The second-order valence-corrected chi connectivity index (χ2v) is 6.06. The molecule has 1 aliphatic rings. The summed E-state index contributed by atoms with van der Waals surface area (Å²) in [5.41, 5.74) is 0.515. The number of likely N-dealkylation sites (tertiary alicyclic amines) is 1. The van der Waals surface area contributed by atoms with E-state index in [9.17, 15) is 9.90 Å². The van der Waals surface area contributed by atoms with Crippen LogP contribution in [0.25, 0.3) is 5.69 Å². The number of hydrogen-bond donors (Lipinski definition) is 1. The van der Waals surface area contributed by atoms with Crippen molar-refractivity contribution in [2.24, 2.45) is 0 Å². The van der Waals surface area contributed by atoms with Crippen molar-refractivity contribution in [2.45, 2.75) is 18.9 Å². The molecule has 6 heteroatoms. The molecule has 1 aromatic carbocycles. The molecule has 1 aliphatic heterocycles. The predicted octanol–water partition coefficient (Wildman–Crippen LogP) is 2.12. The van der Waals surface area contributed by atoms with Crippen LogP contribution in [0, 0.1) is 0 Å². The average Bonchev–Trinajstić information content (AvgIpc) is 3.04. The van der Waals surface area contributed by atoms with E-state index in [4.69, 9.17) is 11.6 Å². The maximum Gasteiger partial charge on any atom is 0.257 e. The Bertz CT molecular complexity index is 681. The van der Waals surface area contributed by atoms with Gasteiger partial charge in [0, 0.05) is 24.3 Å². The minimum absolute atomic E-state index is 0.110. The van der Waals surface area contributed by atoms with Gasteiger partial charge in [-0.25, -0.2) is 4.68 Å². The lowest BCUT2D eigenvalue weighted by molar-refractivity contribution is 0.0572. The van der Waals surface area contributed by atoms with E-state index in [1.54, 1.807) is 34.8 Å². The number of rotatable bonds is 2. The number of carbonyl (C=O) groups excluding carboxylic acids is 1. The van der Waals surface area contributed by atoms with Gasteiger partial charge < -0.3 is 10.0 Å². The topological polar surface area (TPSA) is 58.4 Å². The summed E-state index contributed by atoms with van der Waals surface area (Å²) in [4.78, 5) is 14.0. The van der Waals surface area contributed by atoms with E-state index in [2.05, 4.69) is 5.10 Å². The molecule has 1 unspecified atom stereocenters. The zero-order valence-electron chi connectivity index (χ0n) is 11.7. The highest BCUT2D eigenvalue weighted by atomic mass is 35.5. The van der Waals surface area contributed by atoms with Gasteiger partial charge in [0.25, 0.3) is 5.91 Å². The Morgan fingerprint density at radius 3 is 2.95 bits per heavy atom. The van der Waals surface area contributed by atoms with Crippen molar-refractivity contribution in [1.29, 1.82) is 0 Å². The van der Waals surface area contributed by atoms with Gasteiger partial charge in [-0.05, 0) is 31.5 Å². The third-order valence-electron chi connectivity index (χ3n) is 3.64. The van der Waals surface area contributed by atoms with Crippen molar-refractivity contribution in [3.8, 4) is 5.69 Å². The summed E-state index contributed by atoms with van der Waals surface area (Å²) in [6, 6.07) is 7.27. The third-order valence-corrected chi connectivity index (χ3v) is 3.88. The molecular weight excluding hydrogens is 290 g/mol. The van der Waals surface area contributed by atoms with Crippen LogP contribution in [-0.2, 0) is 0 Å². The Kier molecular flexibility index (Phi) is 3.47. The van der Waals surface area contributed by atoms with Crippen molar-refractivity contribution in [2.75, 3.05) is 13.1 Å². The number of aliphatic hydroxyl groups is 1. The van der Waals surface area contributed by atoms with Crippen molar-refractivity contribution in [3.05, 3.63) is 47.2 Å². The molecule has 5 nitrogen and oxygen atoms in total. The predicted molar refractivity (Wildman–Crippen MR) is 79.7 cm³/mol. The fraction of sp³-hybridized carbons (Fsp3) is 0.333. The van der Waals surface area contributed by atoms with Crippen LogP contribution in [0.2, 0.25) is 5.02 Å². The van der Waals surface area contributed by atoms with Gasteiger partial charge in [0.1, 0.15) is 0 Å². The molecule has 0 aliphatic carbocycles. The van der Waals surface area contributed by atoms with E-state index in [0.717, 1.165) is 5.69 Å². The smallest absolute Gasteiger partial charge is 0.257 e. The first kappa shape index (κ1) is 14.1. The lowest BCUT2D eigenvalue weighted by Gasteiger charge is -2.18. The Balaban J connectivity index is 1.81. The number of benzene rings is 1. The molecule has 1 fully saturated rings. The number of aromatic nitrogens is 2. The molecular formula is C15H16ClN3O2. The summed E-state index contributed by atoms with van der Waals surface area (Å²) in [5, 5.41) is 14.8. The third kappa shape index (κ3) is 2.94. The number of halogens is 1. The molecule has 2 aromatic rings. The fourth-order valence-corrected chi connectivity index (χ4v) is 2.68. The van der Waals surface area contributed by atoms with E-state index in [1.165, 1.54) is 6.20 Å². The molecule has 1 aromatic heterocycles. The van der Waals surface area contributed by atoms with Gasteiger partial charge in [0.05, 0.1) is 23.0 Å². The highest BCUT2D eigenvalue weighted by Crippen LogP contribution is 2.22. The Morgan fingerprint density at radius 2 is 2.29 bits per heavy atom. The number of carbonyl (C=O) groups is 1. The van der Waals surface area contributed by atoms with Gasteiger partial charge in [-0.15, -0.1) is 0 Å². The number of β-amino-alcohol motifs (C(OH)–C–C–N with tert-alkyl or cyclic N) is 1. The van der Waals surface area contributed by atoms with Crippen molar-refractivity contribution in [3.63, 3.8) is 0 Å². The van der Waals surface area contributed by atoms with Crippen LogP contribution >= 0.6 is 11.6 Å². The van der Waals surface area contributed by atoms with Crippen LogP contribution in [0.15, 0.2) is 36.7 Å². The van der Waals surface area contributed by atoms with Crippen LogP contribution in [-0.4, -0.2) is 44.4 Å². The molecule has 0 spiro atoms. The zero-order valence-corrected chi connectivity index (χ0v) is 12.4. The fourth-order valence-electron chi connectivity index (χ4n) is 2.49. The maximum absolute atomic E-state index is 12.4. The van der Waals surface area contributed by atoms with E-state index in [-0.39, 0.29) is 5.91 Å². The molecule has 1 atom stereocenters. The zero-order chi connectivity index (χ0) is 15.0. The van der Waals surface area contributed by atoms with E-state index in [1.807, 2.05) is 12.1 Å². The van der Waals surface area contributed by atoms with Gasteiger partial charge in [-0.2, -0.15) is 5.10 Å². The molecule has 2 heterocycles. The average molecular weight is 306 g/mol. The van der Waals surface area contributed by atoms with Crippen LogP contribution < -0.4 is 0 Å². The lowest BCUT2D eigenvalue weighted by Crippen LogP contribution is -2.33. The first-order chi connectivity index (χ1) is 9.94. The summed E-state index contributed by atoms with van der Waals surface area (Å²) < 4.78 is 1.62. The van der Waals surface area contributed by atoms with Crippen molar-refractivity contribution in [1.82, 2.24) is 14.7 Å². The molecule has 1 amide bonds. The Labute approximate surface area is 127 Å². The largest absolute Gasteiger partial charge is 0.388 e. The first-order valence-electron chi connectivity index (χ1n) is 6.77. The van der Waals surface area contributed by atoms with Crippen molar-refractivity contribution < 1.29 is 9.90 Å². The van der Waals surface area contributed by atoms with E-state index < -0.39 is 5.60 Å². The summed E-state index contributed by atoms with van der Waals surface area (Å²) >= 11 is 5.96. The van der Waals surface area contributed by atoms with E-state index >= 15 is 0 Å². The van der Waals surface area contributed by atoms with Crippen molar-refractivity contribution >= 4 is 17.5 Å². The van der Waals surface area contributed by atoms with Crippen LogP contribution in [0.3, 0.4) is 0 Å². The second-order valence-electron chi connectivity index (χ2n) is 5.63. The van der Waals surface area contributed by atoms with Crippen LogP contribution in [0.4, 0.5) is 0 Å². The molecule has 110 valence electrons. The first-order valence-corrected chi connectivity index (χ1v) is 7.15. The maximum atomic E-state index is 12.4. The summed E-state index contributed by atoms with van der Waals surface area (Å²) in [6.07, 6.45) is 3.82. The van der Waals surface area contributed by atoms with Crippen LogP contribution in [0.1, 0.15) is 23.7 Å². The molecule has 0 saturated carbocycles. The minimum atomic E-state index is -0.793. The Hall–Kier alpha value is -1.85. The highest BCUT2D eigenvalue weighted by molar-refractivity contribution is 6.30. The number of hydrogen-bond acceptors (Lipinski definition) is 3. The quantitative estimate of drug-likeness (QED) is 0.924. The summed E-state index contributed by atoms with van der Waals surface area (Å²) in [7, 11) is 0. The standard InChI is InChI=1S/C15H16ClN3O2/c1-15(21)5-6-18(10-15)14(20)11-8-17-19(9-11)13-4-2-3-12(16)7-13/h2-4,7-9,21H,5-6,10H2,1H3. The second kappa shape index (κ2) is 5.16. The molecule has 1 N–H and O–H groups in total. The van der Waals surface area contributed by atoms with Gasteiger partial charge >= 0.3 is 0 Å². The highest BCUT2D eigenvalue weighted by Gasteiger charge is 2.34. The van der Waals surface area contributed by atoms with Gasteiger partial charge in [-0.3, -0.25) is 4.79 Å². The molecule has 0 radical (unpaired) electrons. The van der Waals surface area contributed by atoms with Crippen LogP contribution in [0.5, 0.6) is 0 Å². The number of nitrogens with zero attached hydrogens (tertiary/aromatic N) is 3. The van der Waals surface area contributed by atoms with Gasteiger partial charge in [0.2, 0.25) is 0 Å². The Morgan fingerprint density at radius 1 is 1.48 bits per heavy atom. The number of amides is 1. The monoisotopic (exact) mass is 305 g/mol. The van der Waals surface area contributed by atoms with Gasteiger partial charge in [-0.1, -0.05) is 17.7 Å². The van der Waals surface area contributed by atoms with Gasteiger partial charge in [0.15, 0.2) is 0 Å². The SMILES string of the molecule is CC1(O)CCN(C(=O)c2cnn(-c3cccc(Cl)c3)c2)C1. The minimum Gasteiger partial charge on any atom is -0.388 e. The summed E-state index contributed by atoms with van der Waals surface area (Å²) in [5.74, 6) is -0.110.